The molecule has 0 amide bonds. The van der Waals surface area contributed by atoms with Crippen LogP contribution in [0, 0.1) is 0 Å². The SMILES string of the molecule is O=[C]([Sb]([C](=O)C(F)(F)F)[C](=O)C(F)(F)F)C(F)(F)F. The fourth-order valence-electron chi connectivity index (χ4n) is 0.657. The van der Waals surface area contributed by atoms with E-state index in [0.717, 1.165) is 0 Å². The Labute approximate surface area is 104 Å². The Morgan fingerprint density at radius 2 is 0.684 bits per heavy atom. The Balaban J connectivity index is 5.74. The first-order chi connectivity index (χ1) is 8.10. The van der Waals surface area contributed by atoms with E-state index in [0.29, 0.717) is 0 Å². The molecule has 0 unspecified atom stereocenters. The van der Waals surface area contributed by atoms with Crippen LogP contribution in [-0.2, 0) is 14.4 Å². The van der Waals surface area contributed by atoms with Crippen molar-refractivity contribution in [1.29, 1.82) is 0 Å². The molecule has 0 atom stereocenters. The average molecular weight is 413 g/mol. The van der Waals surface area contributed by atoms with E-state index < -0.39 is 49.9 Å². The van der Waals surface area contributed by atoms with Gasteiger partial charge in [0, 0.05) is 0 Å². The number of hydrogen-bond donors (Lipinski definition) is 0. The minimum atomic E-state index is -6.71. The van der Waals surface area contributed by atoms with Crippen molar-refractivity contribution in [3.05, 3.63) is 0 Å². The van der Waals surface area contributed by atoms with Crippen molar-refractivity contribution in [3.8, 4) is 0 Å². The third-order valence-corrected chi connectivity index (χ3v) is 6.99. The van der Waals surface area contributed by atoms with Crippen LogP contribution in [0.3, 0.4) is 0 Å². The van der Waals surface area contributed by atoms with Gasteiger partial charge in [-0.15, -0.1) is 0 Å². The van der Waals surface area contributed by atoms with Crippen LogP contribution in [-0.4, -0.2) is 49.9 Å². The molecule has 0 rings (SSSR count). The second-order valence-electron chi connectivity index (χ2n) is 2.74. The fraction of sp³-hybridized carbons (Fsp3) is 0.500. The van der Waals surface area contributed by atoms with Crippen LogP contribution < -0.4 is 0 Å². The zero-order valence-corrected chi connectivity index (χ0v) is 10.6. The predicted octanol–water partition coefficient (Wildman–Crippen LogP) is 1.49. The molecule has 0 aromatic heterocycles. The maximum atomic E-state index is 11.9. The summed E-state index contributed by atoms with van der Waals surface area (Å²) in [6, 6.07) is 0. The monoisotopic (exact) mass is 412 g/mol. The molecule has 0 aromatic rings. The van der Waals surface area contributed by atoms with Crippen LogP contribution in [0.15, 0.2) is 0 Å². The fourth-order valence-corrected chi connectivity index (χ4v) is 4.41. The summed E-state index contributed by atoms with van der Waals surface area (Å²) in [6.07, 6.45) is -18.4. The Hall–Kier alpha value is -0.802. The van der Waals surface area contributed by atoms with Gasteiger partial charge in [-0.3, -0.25) is 0 Å². The van der Waals surface area contributed by atoms with Crippen LogP contribution >= 0.6 is 0 Å². The van der Waals surface area contributed by atoms with Crippen LogP contribution in [0.5, 0.6) is 0 Å². The number of alkyl halides is 9. The van der Waals surface area contributed by atoms with E-state index in [2.05, 4.69) is 0 Å². The summed E-state index contributed by atoms with van der Waals surface area (Å²) in [5, 5.41) is 0. The summed E-state index contributed by atoms with van der Waals surface area (Å²) in [5.41, 5.74) is 0. The van der Waals surface area contributed by atoms with E-state index in [1.807, 2.05) is 0 Å². The van der Waals surface area contributed by atoms with Gasteiger partial charge in [-0.2, -0.15) is 0 Å². The third kappa shape index (κ3) is 4.66. The van der Waals surface area contributed by atoms with E-state index in [1.165, 1.54) is 0 Å². The van der Waals surface area contributed by atoms with Gasteiger partial charge in [0.2, 0.25) is 0 Å². The molecule has 19 heavy (non-hydrogen) atoms. The zero-order chi connectivity index (χ0) is 15.8. The van der Waals surface area contributed by atoms with Crippen LogP contribution in [0.4, 0.5) is 39.5 Å². The first-order valence-electron chi connectivity index (χ1n) is 3.73. The molecule has 0 spiro atoms. The number of halogens is 9. The molecule has 0 radical (unpaired) electrons. The maximum absolute atomic E-state index is 11.9. The molecular weight excluding hydrogens is 413 g/mol. The molecule has 0 aliphatic heterocycles. The van der Waals surface area contributed by atoms with Gasteiger partial charge in [0.1, 0.15) is 0 Å². The zero-order valence-electron chi connectivity index (χ0n) is 8.07. The molecular formula is C6F9O3Sb. The van der Waals surface area contributed by atoms with E-state index in [1.54, 1.807) is 0 Å². The summed E-state index contributed by atoms with van der Waals surface area (Å²) in [6.45, 7) is 0. The number of carbonyl (C=O) groups is 3. The first kappa shape index (κ1) is 18.2. The molecule has 13 heteroatoms. The van der Waals surface area contributed by atoms with Gasteiger partial charge < -0.3 is 0 Å². The molecule has 0 bridgehead atoms. The van der Waals surface area contributed by atoms with Crippen LogP contribution in [0.25, 0.3) is 0 Å². The Bertz CT molecular complexity index is 342. The Morgan fingerprint density at radius 3 is 0.789 bits per heavy atom. The molecule has 0 aliphatic carbocycles. The number of carbonyl (C=O) groups excluding carboxylic acids is 3. The van der Waals surface area contributed by atoms with E-state index in [9.17, 15) is 53.9 Å². The quantitative estimate of drug-likeness (QED) is 0.521. The topological polar surface area (TPSA) is 51.2 Å². The second kappa shape index (κ2) is 5.29. The van der Waals surface area contributed by atoms with Crippen molar-refractivity contribution in [2.24, 2.45) is 0 Å². The van der Waals surface area contributed by atoms with Gasteiger partial charge in [-0.1, -0.05) is 0 Å². The van der Waals surface area contributed by atoms with Crippen molar-refractivity contribution in [2.45, 2.75) is 18.5 Å². The average Bonchev–Trinajstić information content (AvgIpc) is 2.13. The normalized spacial score (nSPS) is 13.6. The van der Waals surface area contributed by atoms with Gasteiger partial charge in [-0.05, 0) is 0 Å². The van der Waals surface area contributed by atoms with Gasteiger partial charge in [-0.25, -0.2) is 0 Å². The summed E-state index contributed by atoms with van der Waals surface area (Å²) >= 11 is -6.71. The van der Waals surface area contributed by atoms with Gasteiger partial charge in [0.25, 0.3) is 0 Å². The number of rotatable bonds is 3. The number of hydrogen-bond acceptors (Lipinski definition) is 3. The molecule has 0 saturated heterocycles. The van der Waals surface area contributed by atoms with E-state index >= 15 is 0 Å². The molecule has 110 valence electrons. The Morgan fingerprint density at radius 1 is 0.526 bits per heavy atom. The summed E-state index contributed by atoms with van der Waals surface area (Å²) in [4.78, 5) is 31.4. The van der Waals surface area contributed by atoms with Crippen molar-refractivity contribution in [1.82, 2.24) is 0 Å². The van der Waals surface area contributed by atoms with Crippen molar-refractivity contribution in [3.63, 3.8) is 0 Å². The van der Waals surface area contributed by atoms with E-state index in [4.69, 9.17) is 0 Å². The van der Waals surface area contributed by atoms with Crippen LogP contribution in [0.2, 0.25) is 0 Å². The van der Waals surface area contributed by atoms with Crippen LogP contribution in [0.1, 0.15) is 0 Å². The summed E-state index contributed by atoms with van der Waals surface area (Å²) in [5.74, 6) is 0. The Kier molecular flexibility index (Phi) is 5.07. The minimum absolute atomic E-state index is 3.54. The molecule has 0 N–H and O–H groups in total. The summed E-state index contributed by atoms with van der Waals surface area (Å²) < 4.78 is 96.1. The second-order valence-corrected chi connectivity index (χ2v) is 8.14. The molecule has 0 heterocycles. The van der Waals surface area contributed by atoms with Crippen molar-refractivity contribution < 1.29 is 53.9 Å². The first-order valence-corrected chi connectivity index (χ1v) is 7.56. The van der Waals surface area contributed by atoms with Crippen molar-refractivity contribution >= 4 is 31.4 Å². The molecule has 0 saturated carbocycles. The standard InChI is InChI=1S/3C2F3O.Sb/c3*3-2(4,5)1-6;. The molecule has 3 nitrogen and oxygen atoms in total. The molecule has 0 fully saturated rings. The summed E-state index contributed by atoms with van der Waals surface area (Å²) in [7, 11) is 0. The van der Waals surface area contributed by atoms with E-state index in [-0.39, 0.29) is 0 Å². The van der Waals surface area contributed by atoms with Gasteiger partial charge in [0.05, 0.1) is 0 Å². The molecule has 0 aromatic carbocycles. The molecule has 0 aliphatic rings. The third-order valence-electron chi connectivity index (χ3n) is 1.34. The van der Waals surface area contributed by atoms with Crippen molar-refractivity contribution in [2.75, 3.05) is 0 Å². The van der Waals surface area contributed by atoms with Gasteiger partial charge >= 0.3 is 104 Å². The predicted molar refractivity (Wildman–Crippen MR) is 38.9 cm³/mol. The van der Waals surface area contributed by atoms with Gasteiger partial charge in [0.15, 0.2) is 0 Å².